The van der Waals surface area contributed by atoms with Gasteiger partial charge in [0.15, 0.2) is 16.5 Å². The van der Waals surface area contributed by atoms with E-state index in [2.05, 4.69) is 34.5 Å². The van der Waals surface area contributed by atoms with Crippen molar-refractivity contribution < 1.29 is 17.9 Å². The van der Waals surface area contributed by atoms with Crippen molar-refractivity contribution in [1.82, 2.24) is 19.4 Å². The van der Waals surface area contributed by atoms with Crippen molar-refractivity contribution in [1.29, 1.82) is 0 Å². The van der Waals surface area contributed by atoms with Gasteiger partial charge in [-0.25, -0.2) is 13.1 Å². The largest absolute Gasteiger partial charge is 0.477 e. The number of hydrogen-bond donors (Lipinski definition) is 1. The number of rotatable bonds is 2. The van der Waals surface area contributed by atoms with Crippen LogP contribution in [0.5, 0.6) is 5.88 Å². The van der Waals surface area contributed by atoms with E-state index in [0.29, 0.717) is 57.9 Å². The third kappa shape index (κ3) is 3.04. The topological polar surface area (TPSA) is 118 Å². The van der Waals surface area contributed by atoms with Crippen molar-refractivity contribution in [2.45, 2.75) is 57.4 Å². The molecule has 0 amide bonds. The van der Waals surface area contributed by atoms with Crippen LogP contribution in [0.25, 0.3) is 0 Å². The van der Waals surface area contributed by atoms with Gasteiger partial charge in [0.25, 0.3) is 0 Å². The van der Waals surface area contributed by atoms with Crippen LogP contribution < -0.4 is 10.1 Å². The van der Waals surface area contributed by atoms with Gasteiger partial charge in [-0.2, -0.15) is 14.5 Å². The van der Waals surface area contributed by atoms with Crippen molar-refractivity contribution in [3.05, 3.63) is 28.9 Å². The summed E-state index contributed by atoms with van der Waals surface area (Å²) in [4.78, 5) is 13.5. The number of dihydropyridines is 1. The van der Waals surface area contributed by atoms with Gasteiger partial charge in [-0.15, -0.1) is 5.11 Å². The Morgan fingerprint density at radius 3 is 2.73 bits per heavy atom. The summed E-state index contributed by atoms with van der Waals surface area (Å²) < 4.78 is 35.8. The normalized spacial score (nSPS) is 26.1. The van der Waals surface area contributed by atoms with E-state index < -0.39 is 15.4 Å². The van der Waals surface area contributed by atoms with E-state index in [1.165, 1.54) is 10.5 Å². The van der Waals surface area contributed by atoms with Crippen molar-refractivity contribution >= 4 is 15.8 Å². The van der Waals surface area contributed by atoms with Crippen LogP contribution in [0.2, 0.25) is 0 Å². The number of azo groups is 1. The molecule has 1 aromatic heterocycles. The molecule has 0 radical (unpaired) electrons. The molecule has 1 aliphatic carbocycles. The number of Topliss-reactive ketones (excluding diaryl/α,β-unsaturated/α-hetero) is 1. The molecule has 0 saturated carbocycles. The average molecular weight is 473 g/mol. The highest BCUT2D eigenvalue weighted by molar-refractivity contribution is 7.89. The van der Waals surface area contributed by atoms with Crippen molar-refractivity contribution in [3.63, 3.8) is 0 Å². The summed E-state index contributed by atoms with van der Waals surface area (Å²) in [6.45, 7) is 6.44. The number of fused-ring (bicyclic) bond motifs is 3. The monoisotopic (exact) mass is 472 g/mol. The number of nitrogens with zero attached hydrogens (tertiary/aromatic N) is 5. The molecule has 33 heavy (non-hydrogen) atoms. The number of carbonyl (C=O) groups excluding carboxylic acids is 1. The first kappa shape index (κ1) is 21.0. The lowest BCUT2D eigenvalue weighted by molar-refractivity contribution is -0.119. The Morgan fingerprint density at radius 1 is 1.15 bits per heavy atom. The summed E-state index contributed by atoms with van der Waals surface area (Å²) >= 11 is 0. The fraction of sp³-hybridized carbons (Fsp3) is 0.636. The standard InChI is InChI=1S/C22H28N6O4S/c1-21(2)10-15-18(16(29)11-21)22(14-12-23-26-19(14)25-15)4-7-27(8-5-22)33(30,31)17-13-24-28-6-3-9-32-20(17)28/h13,25H,3-12H2,1-2H3. The maximum Gasteiger partial charge on any atom is 0.250 e. The number of aryl methyl sites for hydroxylation is 1. The SMILES string of the molecule is CC1(C)CC(=O)C2=C(C1)NC1=C(CN=N1)C21CCN(S(=O)(=O)c2cnn3c2OCCC3)CC1. The van der Waals surface area contributed by atoms with E-state index >= 15 is 0 Å². The van der Waals surface area contributed by atoms with Crippen LogP contribution in [0, 0.1) is 10.8 Å². The van der Waals surface area contributed by atoms with Gasteiger partial charge in [0.05, 0.1) is 19.3 Å². The highest BCUT2D eigenvalue weighted by atomic mass is 32.2. The second-order valence-corrected chi connectivity index (χ2v) is 12.3. The molecule has 1 fully saturated rings. The predicted octanol–water partition coefficient (Wildman–Crippen LogP) is 2.36. The molecule has 0 atom stereocenters. The summed E-state index contributed by atoms with van der Waals surface area (Å²) in [6.07, 6.45) is 4.54. The highest BCUT2D eigenvalue weighted by Gasteiger charge is 2.53. The van der Waals surface area contributed by atoms with Crippen LogP contribution in [0.1, 0.15) is 46.0 Å². The van der Waals surface area contributed by atoms with Crippen LogP contribution in [0.4, 0.5) is 0 Å². The van der Waals surface area contributed by atoms with Crippen molar-refractivity contribution in [2.75, 3.05) is 26.2 Å². The number of allylic oxidation sites excluding steroid dienone is 2. The van der Waals surface area contributed by atoms with Crippen molar-refractivity contribution in [3.8, 4) is 5.88 Å². The molecule has 176 valence electrons. The van der Waals surface area contributed by atoms with Gasteiger partial charge in [0.2, 0.25) is 15.9 Å². The lowest BCUT2D eigenvalue weighted by atomic mass is 9.60. The minimum Gasteiger partial charge on any atom is -0.477 e. The van der Waals surface area contributed by atoms with Crippen LogP contribution in [-0.4, -0.2) is 54.5 Å². The first-order chi connectivity index (χ1) is 15.7. The van der Waals surface area contributed by atoms with E-state index in [1.807, 2.05) is 0 Å². The lowest BCUT2D eigenvalue weighted by Gasteiger charge is -2.48. The molecule has 1 spiro atoms. The summed E-state index contributed by atoms with van der Waals surface area (Å²) in [5.74, 6) is 1.23. The number of carbonyl (C=O) groups is 1. The number of ether oxygens (including phenoxy) is 1. The molecule has 1 N–H and O–H groups in total. The Labute approximate surface area is 192 Å². The highest BCUT2D eigenvalue weighted by Crippen LogP contribution is 2.55. The van der Waals surface area contributed by atoms with Gasteiger partial charge < -0.3 is 10.1 Å². The first-order valence-corrected chi connectivity index (χ1v) is 13.0. The third-order valence-electron chi connectivity index (χ3n) is 7.59. The van der Waals surface area contributed by atoms with Gasteiger partial charge in [0.1, 0.15) is 0 Å². The van der Waals surface area contributed by atoms with Gasteiger partial charge >= 0.3 is 0 Å². The quantitative estimate of drug-likeness (QED) is 0.706. The Morgan fingerprint density at radius 2 is 1.94 bits per heavy atom. The van der Waals surface area contributed by atoms with Crippen LogP contribution in [0.3, 0.4) is 0 Å². The molecular formula is C22H28N6O4S. The fourth-order valence-corrected chi connectivity index (χ4v) is 7.60. The fourth-order valence-electron chi connectivity index (χ4n) is 6.09. The number of aromatic nitrogens is 2. The second-order valence-electron chi connectivity index (χ2n) is 10.4. The Kier molecular flexibility index (Phi) is 4.45. The van der Waals surface area contributed by atoms with Crippen LogP contribution >= 0.6 is 0 Å². The molecule has 0 bridgehead atoms. The molecule has 11 heteroatoms. The number of sulfonamides is 1. The summed E-state index contributed by atoms with van der Waals surface area (Å²) in [5.41, 5.74) is 2.16. The summed E-state index contributed by atoms with van der Waals surface area (Å²) in [7, 11) is -3.75. The Bertz CT molecular complexity index is 1250. The van der Waals surface area contributed by atoms with Gasteiger partial charge in [-0.05, 0) is 24.7 Å². The zero-order valence-corrected chi connectivity index (χ0v) is 19.7. The number of nitrogens with one attached hydrogen (secondary N) is 1. The van der Waals surface area contributed by atoms with Gasteiger partial charge in [0, 0.05) is 54.7 Å². The first-order valence-electron chi connectivity index (χ1n) is 11.6. The van der Waals surface area contributed by atoms with E-state index in [-0.39, 0.29) is 16.1 Å². The lowest BCUT2D eigenvalue weighted by Crippen LogP contribution is -2.50. The molecule has 5 aliphatic rings. The predicted molar refractivity (Wildman–Crippen MR) is 118 cm³/mol. The van der Waals surface area contributed by atoms with Gasteiger partial charge in [-0.1, -0.05) is 13.8 Å². The Hall–Kier alpha value is -2.53. The van der Waals surface area contributed by atoms with Gasteiger partial charge in [-0.3, -0.25) is 4.79 Å². The summed E-state index contributed by atoms with van der Waals surface area (Å²) in [6, 6.07) is 0. The summed E-state index contributed by atoms with van der Waals surface area (Å²) in [5, 5.41) is 16.2. The van der Waals surface area contributed by atoms with E-state index in [4.69, 9.17) is 4.74 Å². The average Bonchev–Trinajstić information content (AvgIpc) is 3.40. The zero-order chi connectivity index (χ0) is 23.0. The smallest absolute Gasteiger partial charge is 0.250 e. The van der Waals surface area contributed by atoms with Crippen LogP contribution in [-0.2, 0) is 21.4 Å². The maximum atomic E-state index is 13.5. The van der Waals surface area contributed by atoms with E-state index in [9.17, 15) is 13.2 Å². The molecule has 0 aromatic carbocycles. The minimum atomic E-state index is -3.75. The molecule has 0 unspecified atom stereocenters. The third-order valence-corrected chi connectivity index (χ3v) is 9.47. The second kappa shape index (κ2) is 6.99. The number of piperidine rings is 1. The zero-order valence-electron chi connectivity index (χ0n) is 18.9. The minimum absolute atomic E-state index is 0.122. The van der Waals surface area contributed by atoms with E-state index in [1.54, 1.807) is 4.68 Å². The molecular weight excluding hydrogens is 444 g/mol. The number of hydrogen-bond acceptors (Lipinski definition) is 8. The maximum absolute atomic E-state index is 13.5. The van der Waals surface area contributed by atoms with Crippen molar-refractivity contribution in [2.24, 2.45) is 21.1 Å². The number of ketones is 1. The Balaban J connectivity index is 1.33. The molecule has 6 rings (SSSR count). The molecule has 5 heterocycles. The van der Waals surface area contributed by atoms with Crippen LogP contribution in [0.15, 0.2) is 44.0 Å². The molecule has 1 aromatic rings. The molecule has 1 saturated heterocycles. The molecule has 10 nitrogen and oxygen atoms in total. The molecule has 4 aliphatic heterocycles. The van der Waals surface area contributed by atoms with E-state index in [0.717, 1.165) is 35.5 Å².